The molecule has 1 fully saturated rings. The topological polar surface area (TPSA) is 93.4 Å². The van der Waals surface area contributed by atoms with Crippen LogP contribution in [0.3, 0.4) is 0 Å². The molecule has 1 aromatic carbocycles. The molecule has 0 spiro atoms. The second-order valence-corrected chi connectivity index (χ2v) is 9.06. The number of anilines is 1. The summed E-state index contributed by atoms with van der Waals surface area (Å²) >= 11 is 1.44. The van der Waals surface area contributed by atoms with Crippen molar-refractivity contribution in [3.05, 3.63) is 35.3 Å². The van der Waals surface area contributed by atoms with Crippen molar-refractivity contribution >= 4 is 32.8 Å². The van der Waals surface area contributed by atoms with Gasteiger partial charge in [0.1, 0.15) is 5.01 Å². The van der Waals surface area contributed by atoms with E-state index in [-0.39, 0.29) is 29.9 Å². The Labute approximate surface area is 145 Å². The molecule has 1 aromatic heterocycles. The first-order chi connectivity index (χ1) is 11.4. The van der Waals surface area contributed by atoms with Gasteiger partial charge in [-0.25, -0.2) is 13.4 Å². The maximum absolute atomic E-state index is 12.4. The molecule has 1 aliphatic rings. The lowest BCUT2D eigenvalue weighted by Crippen LogP contribution is -2.38. The minimum absolute atomic E-state index is 0.0537. The number of thiazole rings is 1. The maximum Gasteiger partial charge on any atom is 0.228 e. The van der Waals surface area contributed by atoms with Crippen LogP contribution in [0.25, 0.3) is 10.6 Å². The van der Waals surface area contributed by atoms with Crippen molar-refractivity contribution in [3.8, 4) is 10.6 Å². The third-order valence-electron chi connectivity index (χ3n) is 4.22. The summed E-state index contributed by atoms with van der Waals surface area (Å²) in [6, 6.07) is 7.24. The first-order valence-electron chi connectivity index (χ1n) is 7.61. The lowest BCUT2D eigenvalue weighted by molar-refractivity contribution is -0.130. The molecule has 128 valence electrons. The normalized spacial score (nSPS) is 19.3. The number of nitrogen functional groups attached to an aromatic ring is 1. The number of carbonyl (C=O) groups is 1. The van der Waals surface area contributed by atoms with E-state index >= 15 is 0 Å². The molecule has 0 saturated carbocycles. The van der Waals surface area contributed by atoms with Gasteiger partial charge in [-0.3, -0.25) is 4.79 Å². The number of rotatable bonds is 4. The molecule has 2 heterocycles. The van der Waals surface area contributed by atoms with Gasteiger partial charge in [-0.2, -0.15) is 0 Å². The fourth-order valence-electron chi connectivity index (χ4n) is 2.77. The molecule has 0 aliphatic carbocycles. The Morgan fingerprint density at radius 3 is 2.83 bits per heavy atom. The Kier molecular flexibility index (Phi) is 4.60. The Morgan fingerprint density at radius 1 is 1.42 bits per heavy atom. The van der Waals surface area contributed by atoms with E-state index in [9.17, 15) is 13.2 Å². The molecule has 1 amide bonds. The number of hydrogen-bond donors (Lipinski definition) is 1. The summed E-state index contributed by atoms with van der Waals surface area (Å²) in [6.07, 6.45) is 0.670. The highest BCUT2D eigenvalue weighted by Crippen LogP contribution is 2.28. The highest BCUT2D eigenvalue weighted by molar-refractivity contribution is 7.91. The quantitative estimate of drug-likeness (QED) is 0.830. The summed E-state index contributed by atoms with van der Waals surface area (Å²) in [7, 11) is -1.34. The minimum Gasteiger partial charge on any atom is -0.398 e. The Morgan fingerprint density at radius 2 is 2.17 bits per heavy atom. The zero-order chi connectivity index (χ0) is 17.3. The highest BCUT2D eigenvalue weighted by atomic mass is 32.2. The molecule has 3 rings (SSSR count). The van der Waals surface area contributed by atoms with Crippen molar-refractivity contribution in [2.24, 2.45) is 0 Å². The van der Waals surface area contributed by atoms with E-state index in [0.717, 1.165) is 10.6 Å². The summed E-state index contributed by atoms with van der Waals surface area (Å²) in [6.45, 7) is 0. The van der Waals surface area contributed by atoms with Gasteiger partial charge in [0.15, 0.2) is 9.84 Å². The molecule has 1 aliphatic heterocycles. The smallest absolute Gasteiger partial charge is 0.228 e. The minimum atomic E-state index is -3.00. The van der Waals surface area contributed by atoms with Crippen molar-refractivity contribution in [3.63, 3.8) is 0 Å². The van der Waals surface area contributed by atoms with E-state index in [2.05, 4.69) is 4.98 Å². The van der Waals surface area contributed by atoms with Crippen molar-refractivity contribution in [2.75, 3.05) is 24.3 Å². The maximum atomic E-state index is 12.4. The van der Waals surface area contributed by atoms with E-state index in [0.29, 0.717) is 17.8 Å². The van der Waals surface area contributed by atoms with Crippen LogP contribution in [-0.2, 0) is 21.1 Å². The predicted molar refractivity (Wildman–Crippen MR) is 95.5 cm³/mol. The number of nitrogens with two attached hydrogens (primary N) is 1. The standard InChI is InChI=1S/C16H19N3O3S2/c1-19(12-6-7-24(21,22)10-12)15(20)8-11-9-23-16(18-11)13-4-2-3-5-14(13)17/h2-5,9,12H,6-8,10,17H2,1H3. The van der Waals surface area contributed by atoms with Gasteiger partial charge in [0, 0.05) is 29.7 Å². The van der Waals surface area contributed by atoms with Crippen LogP contribution in [0.4, 0.5) is 5.69 Å². The molecule has 24 heavy (non-hydrogen) atoms. The molecule has 8 heteroatoms. The summed E-state index contributed by atoms with van der Waals surface area (Å²) in [4.78, 5) is 18.4. The zero-order valence-electron chi connectivity index (χ0n) is 13.3. The van der Waals surface area contributed by atoms with Gasteiger partial charge in [0.05, 0.1) is 23.6 Å². The van der Waals surface area contributed by atoms with Crippen LogP contribution < -0.4 is 5.73 Å². The van der Waals surface area contributed by atoms with Gasteiger partial charge in [0.25, 0.3) is 0 Å². The molecule has 2 N–H and O–H groups in total. The van der Waals surface area contributed by atoms with Crippen molar-refractivity contribution in [2.45, 2.75) is 18.9 Å². The number of hydrogen-bond acceptors (Lipinski definition) is 6. The van der Waals surface area contributed by atoms with E-state index in [1.165, 1.54) is 11.3 Å². The molecule has 0 bridgehead atoms. The Hall–Kier alpha value is -1.93. The number of benzene rings is 1. The molecule has 2 aromatic rings. The van der Waals surface area contributed by atoms with E-state index in [4.69, 9.17) is 5.73 Å². The molecule has 1 unspecified atom stereocenters. The summed E-state index contributed by atoms with van der Waals surface area (Å²) in [5.41, 5.74) is 8.14. The van der Waals surface area contributed by atoms with E-state index < -0.39 is 9.84 Å². The number of amides is 1. The van der Waals surface area contributed by atoms with Gasteiger partial charge in [-0.15, -0.1) is 11.3 Å². The SMILES string of the molecule is CN(C(=O)Cc1csc(-c2ccccc2N)n1)C1CCS(=O)(=O)C1. The molecule has 1 saturated heterocycles. The first kappa shape index (κ1) is 16.9. The van der Waals surface area contributed by atoms with Gasteiger partial charge in [-0.1, -0.05) is 12.1 Å². The molecule has 1 atom stereocenters. The van der Waals surface area contributed by atoms with Gasteiger partial charge in [-0.05, 0) is 18.6 Å². The van der Waals surface area contributed by atoms with Crippen LogP contribution in [-0.4, -0.2) is 48.8 Å². The summed E-state index contributed by atoms with van der Waals surface area (Å²) in [5, 5.41) is 2.63. The van der Waals surface area contributed by atoms with E-state index in [1.54, 1.807) is 11.9 Å². The van der Waals surface area contributed by atoms with Crippen LogP contribution >= 0.6 is 11.3 Å². The van der Waals surface area contributed by atoms with E-state index in [1.807, 2.05) is 29.6 Å². The number of carbonyl (C=O) groups excluding carboxylic acids is 1. The molecular weight excluding hydrogens is 346 g/mol. The monoisotopic (exact) mass is 365 g/mol. The largest absolute Gasteiger partial charge is 0.398 e. The Bertz CT molecular complexity index is 861. The molecule has 0 radical (unpaired) electrons. The Balaban J connectivity index is 1.69. The number of para-hydroxylation sites is 1. The summed E-state index contributed by atoms with van der Waals surface area (Å²) < 4.78 is 23.1. The third kappa shape index (κ3) is 3.59. The number of aromatic nitrogens is 1. The highest BCUT2D eigenvalue weighted by Gasteiger charge is 2.32. The van der Waals surface area contributed by atoms with Crippen LogP contribution in [0.1, 0.15) is 12.1 Å². The average molecular weight is 365 g/mol. The average Bonchev–Trinajstić information content (AvgIpc) is 3.13. The fraction of sp³-hybridized carbons (Fsp3) is 0.375. The van der Waals surface area contributed by atoms with Crippen molar-refractivity contribution < 1.29 is 13.2 Å². The predicted octanol–water partition coefficient (Wildman–Crippen LogP) is 1.58. The number of nitrogens with zero attached hydrogens (tertiary/aromatic N) is 2. The number of likely N-dealkylation sites (N-methyl/N-ethyl adjacent to an activating group) is 1. The van der Waals surface area contributed by atoms with Crippen LogP contribution in [0.2, 0.25) is 0 Å². The second kappa shape index (κ2) is 6.52. The molecular formula is C16H19N3O3S2. The first-order valence-corrected chi connectivity index (χ1v) is 10.3. The van der Waals surface area contributed by atoms with Crippen LogP contribution in [0, 0.1) is 0 Å². The van der Waals surface area contributed by atoms with Crippen molar-refractivity contribution in [1.82, 2.24) is 9.88 Å². The van der Waals surface area contributed by atoms with Gasteiger partial charge < -0.3 is 10.6 Å². The summed E-state index contributed by atoms with van der Waals surface area (Å²) in [5.74, 6) is 0.0941. The molecule has 6 nitrogen and oxygen atoms in total. The van der Waals surface area contributed by atoms with Gasteiger partial charge >= 0.3 is 0 Å². The number of sulfone groups is 1. The fourth-order valence-corrected chi connectivity index (χ4v) is 5.41. The lowest BCUT2D eigenvalue weighted by Gasteiger charge is -2.23. The zero-order valence-corrected chi connectivity index (χ0v) is 14.9. The van der Waals surface area contributed by atoms with Gasteiger partial charge in [0.2, 0.25) is 5.91 Å². The van der Waals surface area contributed by atoms with Crippen molar-refractivity contribution in [1.29, 1.82) is 0 Å². The lowest BCUT2D eigenvalue weighted by atomic mass is 10.2. The third-order valence-corrected chi connectivity index (χ3v) is 6.90. The second-order valence-electron chi connectivity index (χ2n) is 5.97. The van der Waals surface area contributed by atoms with Crippen LogP contribution in [0.5, 0.6) is 0 Å². The van der Waals surface area contributed by atoms with Crippen LogP contribution in [0.15, 0.2) is 29.6 Å².